The maximum absolute atomic E-state index is 12.0. The number of amides is 1. The van der Waals surface area contributed by atoms with Crippen molar-refractivity contribution in [2.24, 2.45) is 0 Å². The van der Waals surface area contributed by atoms with E-state index in [0.29, 0.717) is 28.9 Å². The summed E-state index contributed by atoms with van der Waals surface area (Å²) in [6.45, 7) is 4.40. The normalized spacial score (nSPS) is 18.9. The Morgan fingerprint density at radius 3 is 3.10 bits per heavy atom. The summed E-state index contributed by atoms with van der Waals surface area (Å²) in [5.74, 6) is -0.00351. The molecule has 1 aromatic carbocycles. The van der Waals surface area contributed by atoms with Gasteiger partial charge >= 0.3 is 0 Å². The molecule has 1 saturated heterocycles. The van der Waals surface area contributed by atoms with Crippen LogP contribution in [0.3, 0.4) is 0 Å². The van der Waals surface area contributed by atoms with Crippen molar-refractivity contribution in [1.29, 1.82) is 0 Å². The molecule has 116 valence electrons. The van der Waals surface area contributed by atoms with Gasteiger partial charge in [0.15, 0.2) is 0 Å². The predicted molar refractivity (Wildman–Crippen MR) is 88.6 cm³/mol. The lowest BCUT2D eigenvalue weighted by Gasteiger charge is -2.22. The van der Waals surface area contributed by atoms with Gasteiger partial charge in [0, 0.05) is 17.5 Å². The van der Waals surface area contributed by atoms with Crippen molar-refractivity contribution < 1.29 is 4.79 Å². The summed E-state index contributed by atoms with van der Waals surface area (Å²) in [5, 5.41) is 3.41. The van der Waals surface area contributed by atoms with Gasteiger partial charge in [0.1, 0.15) is 0 Å². The van der Waals surface area contributed by atoms with Gasteiger partial charge in [-0.05, 0) is 57.0 Å². The molecule has 1 fully saturated rings. The van der Waals surface area contributed by atoms with Crippen LogP contribution < -0.4 is 11.1 Å². The fourth-order valence-corrected chi connectivity index (χ4v) is 3.12. The number of likely N-dealkylation sites (tertiary alicyclic amines) is 1. The average molecular weight is 310 g/mol. The van der Waals surface area contributed by atoms with Crippen LogP contribution in [0.2, 0.25) is 5.02 Å². The molecule has 0 radical (unpaired) electrons. The van der Waals surface area contributed by atoms with Crippen LogP contribution >= 0.6 is 11.6 Å². The summed E-state index contributed by atoms with van der Waals surface area (Å²) in [4.78, 5) is 14.5. The third-order valence-electron chi connectivity index (χ3n) is 4.11. The Balaban J connectivity index is 1.76. The SMILES string of the molecule is CCC1CCCN1CCCC(=O)Nc1cc(Cl)ccc1N. The molecule has 1 aliphatic heterocycles. The van der Waals surface area contributed by atoms with Gasteiger partial charge in [0.25, 0.3) is 0 Å². The lowest BCUT2D eigenvalue weighted by molar-refractivity contribution is -0.116. The summed E-state index contributed by atoms with van der Waals surface area (Å²) >= 11 is 5.91. The van der Waals surface area contributed by atoms with Crippen molar-refractivity contribution >= 4 is 28.9 Å². The fraction of sp³-hybridized carbons (Fsp3) is 0.562. The first-order valence-electron chi connectivity index (χ1n) is 7.69. The molecule has 3 N–H and O–H groups in total. The average Bonchev–Trinajstić information content (AvgIpc) is 2.90. The molecule has 21 heavy (non-hydrogen) atoms. The second-order valence-electron chi connectivity index (χ2n) is 5.62. The van der Waals surface area contributed by atoms with Gasteiger partial charge in [-0.2, -0.15) is 0 Å². The first kappa shape index (κ1) is 16.1. The molecule has 0 spiro atoms. The van der Waals surface area contributed by atoms with E-state index in [2.05, 4.69) is 17.1 Å². The number of carbonyl (C=O) groups is 1. The van der Waals surface area contributed by atoms with E-state index in [0.717, 1.165) is 13.0 Å². The van der Waals surface area contributed by atoms with E-state index in [1.165, 1.54) is 25.8 Å². The Morgan fingerprint density at radius 1 is 1.52 bits per heavy atom. The van der Waals surface area contributed by atoms with Crippen molar-refractivity contribution in [2.75, 3.05) is 24.1 Å². The zero-order chi connectivity index (χ0) is 15.2. The van der Waals surface area contributed by atoms with Crippen molar-refractivity contribution in [3.8, 4) is 0 Å². The highest BCUT2D eigenvalue weighted by molar-refractivity contribution is 6.31. The molecule has 4 nitrogen and oxygen atoms in total. The number of carbonyl (C=O) groups excluding carboxylic acids is 1. The Bertz CT molecular complexity index is 492. The van der Waals surface area contributed by atoms with Crippen LogP contribution in [0.4, 0.5) is 11.4 Å². The lowest BCUT2D eigenvalue weighted by Crippen LogP contribution is -2.30. The van der Waals surface area contributed by atoms with Crippen LogP contribution in [0.5, 0.6) is 0 Å². The van der Waals surface area contributed by atoms with E-state index in [9.17, 15) is 4.79 Å². The molecule has 2 rings (SSSR count). The number of nitrogens with two attached hydrogens (primary N) is 1. The van der Waals surface area contributed by atoms with E-state index in [1.54, 1.807) is 18.2 Å². The summed E-state index contributed by atoms with van der Waals surface area (Å²) in [6, 6.07) is 5.80. The first-order valence-corrected chi connectivity index (χ1v) is 8.07. The van der Waals surface area contributed by atoms with Gasteiger partial charge in [0.05, 0.1) is 11.4 Å². The number of nitrogens with zero attached hydrogens (tertiary/aromatic N) is 1. The van der Waals surface area contributed by atoms with E-state index in [4.69, 9.17) is 17.3 Å². The number of halogens is 1. The predicted octanol–water partition coefficient (Wildman–Crippen LogP) is 3.52. The highest BCUT2D eigenvalue weighted by Gasteiger charge is 2.22. The summed E-state index contributed by atoms with van der Waals surface area (Å²) in [7, 11) is 0. The van der Waals surface area contributed by atoms with Crippen LogP contribution in [0.1, 0.15) is 39.0 Å². The molecule has 1 aliphatic rings. The fourth-order valence-electron chi connectivity index (χ4n) is 2.94. The molecular weight excluding hydrogens is 286 g/mol. The van der Waals surface area contributed by atoms with Crippen molar-refractivity contribution in [3.63, 3.8) is 0 Å². The third-order valence-corrected chi connectivity index (χ3v) is 4.34. The molecule has 5 heteroatoms. The molecule has 1 heterocycles. The number of benzene rings is 1. The number of nitrogens with one attached hydrogen (secondary N) is 1. The van der Waals surface area contributed by atoms with Crippen LogP contribution in [-0.4, -0.2) is 29.9 Å². The number of rotatable bonds is 6. The molecule has 0 aliphatic carbocycles. The third kappa shape index (κ3) is 4.61. The highest BCUT2D eigenvalue weighted by Crippen LogP contribution is 2.23. The Hall–Kier alpha value is -1.26. The minimum atomic E-state index is -0.00351. The van der Waals surface area contributed by atoms with E-state index < -0.39 is 0 Å². The van der Waals surface area contributed by atoms with Gasteiger partial charge < -0.3 is 16.0 Å². The Kier molecular flexibility index (Phi) is 5.88. The number of nitrogen functional groups attached to an aromatic ring is 1. The van der Waals surface area contributed by atoms with Gasteiger partial charge in [-0.3, -0.25) is 4.79 Å². The molecule has 0 aromatic heterocycles. The largest absolute Gasteiger partial charge is 0.397 e. The zero-order valence-corrected chi connectivity index (χ0v) is 13.3. The molecule has 1 amide bonds. The smallest absolute Gasteiger partial charge is 0.224 e. The second kappa shape index (κ2) is 7.66. The van der Waals surface area contributed by atoms with Crippen LogP contribution in [0.15, 0.2) is 18.2 Å². The van der Waals surface area contributed by atoms with E-state index in [-0.39, 0.29) is 5.91 Å². The summed E-state index contributed by atoms with van der Waals surface area (Å²) in [5.41, 5.74) is 6.96. The van der Waals surface area contributed by atoms with Crippen LogP contribution in [0.25, 0.3) is 0 Å². The number of hydrogen-bond donors (Lipinski definition) is 2. The Labute approximate surface area is 131 Å². The summed E-state index contributed by atoms with van der Waals surface area (Å²) < 4.78 is 0. The van der Waals surface area contributed by atoms with Gasteiger partial charge in [-0.15, -0.1) is 0 Å². The minimum Gasteiger partial charge on any atom is -0.397 e. The molecular formula is C16H24ClN3O. The maximum Gasteiger partial charge on any atom is 0.224 e. The van der Waals surface area contributed by atoms with Crippen LogP contribution in [-0.2, 0) is 4.79 Å². The number of anilines is 2. The molecule has 1 atom stereocenters. The quantitative estimate of drug-likeness (QED) is 0.791. The van der Waals surface area contributed by atoms with Gasteiger partial charge in [-0.1, -0.05) is 18.5 Å². The highest BCUT2D eigenvalue weighted by atomic mass is 35.5. The van der Waals surface area contributed by atoms with Crippen molar-refractivity contribution in [2.45, 2.75) is 45.1 Å². The molecule has 1 aromatic rings. The topological polar surface area (TPSA) is 58.4 Å². The monoisotopic (exact) mass is 309 g/mol. The summed E-state index contributed by atoms with van der Waals surface area (Å²) in [6.07, 6.45) is 5.17. The zero-order valence-electron chi connectivity index (χ0n) is 12.6. The standard InChI is InChI=1S/C16H24ClN3O/c1-2-13-5-3-9-20(13)10-4-6-16(21)19-15-11-12(17)7-8-14(15)18/h7-8,11,13H,2-6,9-10,18H2,1H3,(H,19,21). The molecule has 0 bridgehead atoms. The van der Waals surface area contributed by atoms with E-state index >= 15 is 0 Å². The van der Waals surface area contributed by atoms with E-state index in [1.807, 2.05) is 0 Å². The minimum absolute atomic E-state index is 0.00351. The molecule has 0 saturated carbocycles. The number of hydrogen-bond acceptors (Lipinski definition) is 3. The van der Waals surface area contributed by atoms with Gasteiger partial charge in [0.2, 0.25) is 5.91 Å². The van der Waals surface area contributed by atoms with Crippen LogP contribution in [0, 0.1) is 0 Å². The first-order chi connectivity index (χ1) is 10.1. The Morgan fingerprint density at radius 2 is 2.33 bits per heavy atom. The van der Waals surface area contributed by atoms with Crippen molar-refractivity contribution in [1.82, 2.24) is 4.90 Å². The van der Waals surface area contributed by atoms with Gasteiger partial charge in [-0.25, -0.2) is 0 Å². The lowest BCUT2D eigenvalue weighted by atomic mass is 10.1. The van der Waals surface area contributed by atoms with Crippen molar-refractivity contribution in [3.05, 3.63) is 23.2 Å². The maximum atomic E-state index is 12.0. The second-order valence-corrected chi connectivity index (χ2v) is 6.06. The molecule has 1 unspecified atom stereocenters.